The van der Waals surface area contributed by atoms with E-state index in [-0.39, 0.29) is 12.4 Å². The van der Waals surface area contributed by atoms with Crippen molar-refractivity contribution in [3.8, 4) is 0 Å². The zero-order chi connectivity index (χ0) is 13.1. The van der Waals surface area contributed by atoms with Gasteiger partial charge in [0.05, 0.1) is 25.0 Å². The van der Waals surface area contributed by atoms with Gasteiger partial charge >= 0.3 is 5.97 Å². The molecule has 3 nitrogen and oxygen atoms in total. The molecule has 4 heteroatoms. The van der Waals surface area contributed by atoms with E-state index in [0.717, 1.165) is 12.8 Å². The molecule has 0 radical (unpaired) electrons. The highest BCUT2D eigenvalue weighted by Gasteiger charge is 2.19. The van der Waals surface area contributed by atoms with Gasteiger partial charge in [-0.1, -0.05) is 45.4 Å². The summed E-state index contributed by atoms with van der Waals surface area (Å²) in [6.45, 7) is 2.19. The highest BCUT2D eigenvalue weighted by atomic mass is 35.5. The Bertz CT molecular complexity index is 197. The average molecular weight is 265 g/mol. The number of alkyl halides is 1. The molecule has 0 rings (SSSR count). The Morgan fingerprint density at radius 1 is 1.24 bits per heavy atom. The van der Waals surface area contributed by atoms with Crippen LogP contribution in [-0.2, 0) is 9.53 Å². The minimum absolute atomic E-state index is 0.0784. The first-order valence-electron chi connectivity index (χ1n) is 6.50. The van der Waals surface area contributed by atoms with Crippen LogP contribution in [0.25, 0.3) is 0 Å². The minimum Gasteiger partial charge on any atom is -0.469 e. The van der Waals surface area contributed by atoms with Crippen LogP contribution in [0.15, 0.2) is 0 Å². The van der Waals surface area contributed by atoms with Crippen LogP contribution >= 0.6 is 11.6 Å². The van der Waals surface area contributed by atoms with Gasteiger partial charge in [0.25, 0.3) is 0 Å². The maximum atomic E-state index is 11.0. The second-order valence-electron chi connectivity index (χ2n) is 4.42. The van der Waals surface area contributed by atoms with Gasteiger partial charge in [-0.3, -0.25) is 4.79 Å². The molecule has 0 heterocycles. The molecule has 0 aliphatic rings. The number of hydrogen-bond donors (Lipinski definition) is 1. The van der Waals surface area contributed by atoms with Crippen molar-refractivity contribution in [1.29, 1.82) is 0 Å². The van der Waals surface area contributed by atoms with Crippen LogP contribution < -0.4 is 0 Å². The van der Waals surface area contributed by atoms with Gasteiger partial charge in [-0.15, -0.1) is 11.6 Å². The lowest BCUT2D eigenvalue weighted by molar-refractivity contribution is -0.141. The van der Waals surface area contributed by atoms with Crippen molar-refractivity contribution in [2.45, 2.75) is 69.8 Å². The summed E-state index contributed by atoms with van der Waals surface area (Å²) < 4.78 is 4.51. The molecule has 0 aliphatic heterocycles. The molecule has 0 fully saturated rings. The molecule has 0 aromatic heterocycles. The number of carbonyl (C=O) groups excluding carboxylic acids is 1. The second-order valence-corrected chi connectivity index (χ2v) is 4.98. The number of methoxy groups -OCH3 is 1. The third-order valence-electron chi connectivity index (χ3n) is 2.86. The van der Waals surface area contributed by atoms with E-state index in [1.165, 1.54) is 32.8 Å². The average Bonchev–Trinajstić information content (AvgIpc) is 2.32. The molecule has 0 amide bonds. The summed E-state index contributed by atoms with van der Waals surface area (Å²) in [5, 5.41) is 9.20. The topological polar surface area (TPSA) is 46.5 Å². The molecular formula is C13H25ClO3. The fraction of sp³-hybridized carbons (Fsp3) is 0.923. The third kappa shape index (κ3) is 9.42. The summed E-state index contributed by atoms with van der Waals surface area (Å²) in [5.74, 6) is -0.369. The number of aliphatic hydroxyl groups excluding tert-OH is 1. The fourth-order valence-electron chi connectivity index (χ4n) is 1.69. The third-order valence-corrected chi connectivity index (χ3v) is 3.31. The Morgan fingerprint density at radius 3 is 2.41 bits per heavy atom. The number of unbranched alkanes of at least 4 members (excludes halogenated alkanes) is 5. The molecule has 1 N–H and O–H groups in total. The monoisotopic (exact) mass is 264 g/mol. The van der Waals surface area contributed by atoms with Crippen LogP contribution in [0.4, 0.5) is 0 Å². The molecule has 0 unspecified atom stereocenters. The number of carbonyl (C=O) groups is 1. The molecule has 102 valence electrons. The fourth-order valence-corrected chi connectivity index (χ4v) is 1.95. The Kier molecular flexibility index (Phi) is 10.7. The smallest absolute Gasteiger partial charge is 0.307 e. The SMILES string of the molecule is CCCCCCCC[C@@H](O)[C@H](Cl)CC(=O)OC. The molecule has 0 bridgehead atoms. The predicted octanol–water partition coefficient (Wildman–Crippen LogP) is 3.27. The molecule has 0 saturated heterocycles. The van der Waals surface area contributed by atoms with Crippen molar-refractivity contribution < 1.29 is 14.6 Å². The van der Waals surface area contributed by atoms with Crippen LogP contribution in [0.2, 0.25) is 0 Å². The lowest BCUT2D eigenvalue weighted by Gasteiger charge is -2.15. The van der Waals surface area contributed by atoms with Gasteiger partial charge in [-0.25, -0.2) is 0 Å². The van der Waals surface area contributed by atoms with Crippen molar-refractivity contribution >= 4 is 17.6 Å². The van der Waals surface area contributed by atoms with E-state index in [1.54, 1.807) is 0 Å². The van der Waals surface area contributed by atoms with Gasteiger partial charge in [-0.2, -0.15) is 0 Å². The first-order chi connectivity index (χ1) is 8.11. The molecule has 0 aromatic rings. The van der Waals surface area contributed by atoms with Crippen LogP contribution in [0.1, 0.15) is 58.3 Å². The minimum atomic E-state index is -0.609. The van der Waals surface area contributed by atoms with E-state index in [2.05, 4.69) is 11.7 Å². The molecule has 0 spiro atoms. The molecule has 2 atom stereocenters. The molecule has 0 aliphatic carbocycles. The van der Waals surface area contributed by atoms with E-state index in [0.29, 0.717) is 6.42 Å². The Hall–Kier alpha value is -0.280. The van der Waals surface area contributed by atoms with Crippen LogP contribution in [-0.4, -0.2) is 29.7 Å². The van der Waals surface area contributed by atoms with E-state index in [9.17, 15) is 9.90 Å². The van der Waals surface area contributed by atoms with Crippen molar-refractivity contribution in [1.82, 2.24) is 0 Å². The molecule has 0 aromatic carbocycles. The van der Waals surface area contributed by atoms with E-state index in [4.69, 9.17) is 11.6 Å². The van der Waals surface area contributed by atoms with Crippen molar-refractivity contribution in [3.63, 3.8) is 0 Å². The van der Waals surface area contributed by atoms with Gasteiger partial charge in [0.2, 0.25) is 0 Å². The van der Waals surface area contributed by atoms with Crippen LogP contribution in [0.3, 0.4) is 0 Å². The number of halogens is 1. The second kappa shape index (κ2) is 10.8. The van der Waals surface area contributed by atoms with Gasteiger partial charge in [0, 0.05) is 0 Å². The maximum Gasteiger partial charge on any atom is 0.307 e. The zero-order valence-corrected chi connectivity index (χ0v) is 11.7. The van der Waals surface area contributed by atoms with Gasteiger partial charge < -0.3 is 9.84 Å². The predicted molar refractivity (Wildman–Crippen MR) is 70.3 cm³/mol. The number of hydrogen-bond acceptors (Lipinski definition) is 3. The summed E-state index contributed by atoms with van der Waals surface area (Å²) in [6, 6.07) is 0. The number of ether oxygens (including phenoxy) is 1. The number of rotatable bonds is 10. The highest BCUT2D eigenvalue weighted by Crippen LogP contribution is 2.16. The summed E-state index contributed by atoms with van der Waals surface area (Å²) in [4.78, 5) is 11.0. The first kappa shape index (κ1) is 16.7. The normalized spacial score (nSPS) is 14.4. The number of esters is 1. The Balaban J connectivity index is 3.50. The van der Waals surface area contributed by atoms with Gasteiger partial charge in [0.15, 0.2) is 0 Å². The largest absolute Gasteiger partial charge is 0.469 e. The lowest BCUT2D eigenvalue weighted by atomic mass is 10.0. The Labute approximate surface area is 109 Å². The summed E-state index contributed by atoms with van der Waals surface area (Å²) in [5.41, 5.74) is 0. The van der Waals surface area contributed by atoms with Crippen molar-refractivity contribution in [2.24, 2.45) is 0 Å². The molecule has 17 heavy (non-hydrogen) atoms. The van der Waals surface area contributed by atoms with Gasteiger partial charge in [-0.05, 0) is 6.42 Å². The summed E-state index contributed by atoms with van der Waals surface area (Å²) in [7, 11) is 1.33. The van der Waals surface area contributed by atoms with E-state index < -0.39 is 11.5 Å². The Morgan fingerprint density at radius 2 is 1.82 bits per heavy atom. The zero-order valence-electron chi connectivity index (χ0n) is 11.0. The van der Waals surface area contributed by atoms with Crippen LogP contribution in [0.5, 0.6) is 0 Å². The quantitative estimate of drug-likeness (QED) is 0.374. The summed E-state index contributed by atoms with van der Waals surface area (Å²) in [6.07, 6.45) is 7.22. The van der Waals surface area contributed by atoms with E-state index >= 15 is 0 Å². The van der Waals surface area contributed by atoms with Crippen molar-refractivity contribution in [2.75, 3.05) is 7.11 Å². The summed E-state index contributed by atoms with van der Waals surface area (Å²) >= 11 is 5.92. The lowest BCUT2D eigenvalue weighted by Crippen LogP contribution is -2.24. The van der Waals surface area contributed by atoms with E-state index in [1.807, 2.05) is 0 Å². The van der Waals surface area contributed by atoms with Crippen molar-refractivity contribution in [3.05, 3.63) is 0 Å². The maximum absolute atomic E-state index is 11.0. The highest BCUT2D eigenvalue weighted by molar-refractivity contribution is 6.22. The standard InChI is InChI=1S/C13H25ClO3/c1-3-4-5-6-7-8-9-12(15)11(14)10-13(16)17-2/h11-12,15H,3-10H2,1-2H3/t11-,12-/m1/s1. The number of aliphatic hydroxyl groups is 1. The molecular weight excluding hydrogens is 240 g/mol. The first-order valence-corrected chi connectivity index (χ1v) is 6.94. The van der Waals surface area contributed by atoms with Crippen LogP contribution in [0, 0.1) is 0 Å². The molecule has 0 saturated carbocycles. The van der Waals surface area contributed by atoms with Gasteiger partial charge in [0.1, 0.15) is 0 Å².